The van der Waals surface area contributed by atoms with Crippen LogP contribution in [0.4, 0.5) is 0 Å². The molecule has 3 aromatic rings. The minimum Gasteiger partial charge on any atom is -0.497 e. The van der Waals surface area contributed by atoms with Gasteiger partial charge < -0.3 is 19.7 Å². The van der Waals surface area contributed by atoms with Crippen molar-refractivity contribution in [2.45, 2.75) is 32.9 Å². The molecule has 0 unspecified atom stereocenters. The van der Waals surface area contributed by atoms with Gasteiger partial charge in [0.1, 0.15) is 17.5 Å². The number of benzene rings is 3. The lowest BCUT2D eigenvalue weighted by Gasteiger charge is -2.32. The van der Waals surface area contributed by atoms with Crippen LogP contribution in [0.25, 0.3) is 0 Å². The fraction of sp³-hybridized carbons (Fsp3) is 0.310. The Bertz CT molecular complexity index is 1140. The summed E-state index contributed by atoms with van der Waals surface area (Å²) >= 11 is 6.21. The molecule has 0 aliphatic carbocycles. The van der Waals surface area contributed by atoms with E-state index in [1.54, 1.807) is 36.3 Å². The van der Waals surface area contributed by atoms with Gasteiger partial charge in [-0.3, -0.25) is 9.59 Å². The maximum absolute atomic E-state index is 13.6. The van der Waals surface area contributed by atoms with E-state index in [1.807, 2.05) is 68.4 Å². The van der Waals surface area contributed by atoms with Gasteiger partial charge in [-0.25, -0.2) is 0 Å². The monoisotopic (exact) mass is 508 g/mol. The summed E-state index contributed by atoms with van der Waals surface area (Å²) in [5.74, 6) is 0.839. The van der Waals surface area contributed by atoms with Gasteiger partial charge in [0.2, 0.25) is 5.91 Å². The average Bonchev–Trinajstić information content (AvgIpc) is 2.89. The minimum absolute atomic E-state index is 0.207. The summed E-state index contributed by atoms with van der Waals surface area (Å²) in [6.07, 6.45) is 0.368. The molecular weight excluding hydrogens is 476 g/mol. The zero-order chi connectivity index (χ0) is 25.9. The Kier molecular flexibility index (Phi) is 10.2. The van der Waals surface area contributed by atoms with Crippen molar-refractivity contribution in [1.82, 2.24) is 10.2 Å². The van der Waals surface area contributed by atoms with Crippen molar-refractivity contribution < 1.29 is 19.1 Å². The number of hydrogen-bond acceptors (Lipinski definition) is 4. The van der Waals surface area contributed by atoms with E-state index in [0.29, 0.717) is 29.5 Å². The van der Waals surface area contributed by atoms with Crippen molar-refractivity contribution in [2.75, 3.05) is 20.3 Å². The SMILES string of the molecule is COc1cccc(CN(C(=O)COc2ccccc2Cl)[C@H](Cc2ccccc2)C(=O)NCC(C)C)c1. The first-order valence-electron chi connectivity index (χ1n) is 12.0. The van der Waals surface area contributed by atoms with Crippen LogP contribution in [0.1, 0.15) is 25.0 Å². The van der Waals surface area contributed by atoms with Gasteiger partial charge in [0.15, 0.2) is 6.61 Å². The van der Waals surface area contributed by atoms with Gasteiger partial charge >= 0.3 is 0 Å². The molecular formula is C29H33ClN2O4. The smallest absolute Gasteiger partial charge is 0.261 e. The van der Waals surface area contributed by atoms with Crippen LogP contribution in [0.2, 0.25) is 5.02 Å². The number of halogens is 1. The van der Waals surface area contributed by atoms with E-state index in [2.05, 4.69) is 5.32 Å². The van der Waals surface area contributed by atoms with Crippen molar-refractivity contribution in [1.29, 1.82) is 0 Å². The maximum Gasteiger partial charge on any atom is 0.261 e. The highest BCUT2D eigenvalue weighted by Gasteiger charge is 2.31. The fourth-order valence-electron chi connectivity index (χ4n) is 3.73. The molecule has 1 N–H and O–H groups in total. The van der Waals surface area contributed by atoms with Crippen LogP contribution in [-0.4, -0.2) is 43.0 Å². The lowest BCUT2D eigenvalue weighted by molar-refractivity contribution is -0.142. The minimum atomic E-state index is -0.736. The normalized spacial score (nSPS) is 11.6. The molecule has 0 heterocycles. The van der Waals surface area contributed by atoms with Crippen molar-refractivity contribution in [2.24, 2.45) is 5.92 Å². The van der Waals surface area contributed by atoms with Gasteiger partial charge in [0.25, 0.3) is 5.91 Å². The molecule has 0 saturated heterocycles. The first kappa shape index (κ1) is 27.1. The van der Waals surface area contributed by atoms with Gasteiger partial charge in [0.05, 0.1) is 12.1 Å². The quantitative estimate of drug-likeness (QED) is 0.368. The highest BCUT2D eigenvalue weighted by molar-refractivity contribution is 6.32. The molecule has 0 fully saturated rings. The molecule has 0 aliphatic rings. The van der Waals surface area contributed by atoms with Crippen LogP contribution in [0.15, 0.2) is 78.9 Å². The number of nitrogens with zero attached hydrogens (tertiary/aromatic N) is 1. The topological polar surface area (TPSA) is 67.9 Å². The Morgan fingerprint density at radius 3 is 2.33 bits per heavy atom. The third-order valence-electron chi connectivity index (χ3n) is 5.63. The standard InChI is InChI=1S/C29H33ClN2O4/c1-21(2)18-31-29(34)26(17-22-10-5-4-6-11-22)32(19-23-12-9-13-24(16-23)35-3)28(33)20-36-27-15-8-7-14-25(27)30/h4-16,21,26H,17-20H2,1-3H3,(H,31,34)/t26-/m1/s1. The van der Waals surface area contributed by atoms with E-state index in [-0.39, 0.29) is 30.9 Å². The van der Waals surface area contributed by atoms with Crippen LogP contribution < -0.4 is 14.8 Å². The molecule has 2 amide bonds. The lowest BCUT2D eigenvalue weighted by atomic mass is 10.0. The molecule has 0 bridgehead atoms. The number of methoxy groups -OCH3 is 1. The summed E-state index contributed by atoms with van der Waals surface area (Å²) in [6.45, 7) is 4.54. The van der Waals surface area contributed by atoms with Crippen molar-refractivity contribution in [3.8, 4) is 11.5 Å². The van der Waals surface area contributed by atoms with Gasteiger partial charge in [-0.2, -0.15) is 0 Å². The summed E-state index contributed by atoms with van der Waals surface area (Å²) in [5.41, 5.74) is 1.80. The van der Waals surface area contributed by atoms with Gasteiger partial charge in [-0.15, -0.1) is 0 Å². The summed E-state index contributed by atoms with van der Waals surface area (Å²) in [7, 11) is 1.59. The van der Waals surface area contributed by atoms with Crippen molar-refractivity contribution >= 4 is 23.4 Å². The molecule has 36 heavy (non-hydrogen) atoms. The average molecular weight is 509 g/mol. The number of hydrogen-bond donors (Lipinski definition) is 1. The number of ether oxygens (including phenoxy) is 2. The number of carbonyl (C=O) groups excluding carboxylic acids is 2. The van der Waals surface area contributed by atoms with Crippen molar-refractivity contribution in [3.63, 3.8) is 0 Å². The van der Waals surface area contributed by atoms with Crippen molar-refractivity contribution in [3.05, 3.63) is 95.0 Å². The summed E-state index contributed by atoms with van der Waals surface area (Å²) in [4.78, 5) is 28.6. The highest BCUT2D eigenvalue weighted by Crippen LogP contribution is 2.24. The number of rotatable bonds is 12. The molecule has 0 aliphatic heterocycles. The lowest BCUT2D eigenvalue weighted by Crippen LogP contribution is -2.52. The van der Waals surface area contributed by atoms with Crippen LogP contribution in [0, 0.1) is 5.92 Å². The maximum atomic E-state index is 13.6. The molecule has 1 atom stereocenters. The van der Waals surface area contributed by atoms with Crippen LogP contribution in [0.5, 0.6) is 11.5 Å². The van der Waals surface area contributed by atoms with Crippen LogP contribution in [-0.2, 0) is 22.6 Å². The first-order valence-corrected chi connectivity index (χ1v) is 12.4. The molecule has 3 rings (SSSR count). The predicted molar refractivity (Wildman–Crippen MR) is 142 cm³/mol. The Morgan fingerprint density at radius 1 is 0.944 bits per heavy atom. The van der Waals surface area contributed by atoms with Crippen LogP contribution in [0.3, 0.4) is 0 Å². The molecule has 0 saturated carbocycles. The van der Waals surface area contributed by atoms with E-state index in [1.165, 1.54) is 0 Å². The molecule has 0 radical (unpaired) electrons. The molecule has 7 heteroatoms. The van der Waals surface area contributed by atoms with Gasteiger partial charge in [0, 0.05) is 19.5 Å². The van der Waals surface area contributed by atoms with E-state index in [4.69, 9.17) is 21.1 Å². The van der Waals surface area contributed by atoms with Gasteiger partial charge in [-0.05, 0) is 41.3 Å². The molecule has 0 aromatic heterocycles. The zero-order valence-corrected chi connectivity index (χ0v) is 21.7. The highest BCUT2D eigenvalue weighted by atomic mass is 35.5. The second kappa shape index (κ2) is 13.5. The van der Waals surface area contributed by atoms with Gasteiger partial charge in [-0.1, -0.05) is 80.0 Å². The van der Waals surface area contributed by atoms with Crippen LogP contribution >= 0.6 is 11.6 Å². The number of nitrogens with one attached hydrogen (secondary N) is 1. The number of carbonyl (C=O) groups is 2. The summed E-state index contributed by atoms with van der Waals surface area (Å²) < 4.78 is 11.1. The Morgan fingerprint density at radius 2 is 1.64 bits per heavy atom. The number of para-hydroxylation sites is 1. The molecule has 6 nitrogen and oxygen atoms in total. The zero-order valence-electron chi connectivity index (χ0n) is 20.9. The third kappa shape index (κ3) is 8.02. The largest absolute Gasteiger partial charge is 0.497 e. The number of amides is 2. The molecule has 190 valence electrons. The van der Waals surface area contributed by atoms with E-state index in [9.17, 15) is 9.59 Å². The van der Waals surface area contributed by atoms with E-state index < -0.39 is 6.04 Å². The van der Waals surface area contributed by atoms with E-state index in [0.717, 1.165) is 11.1 Å². The Hall–Kier alpha value is -3.51. The molecule has 0 spiro atoms. The summed E-state index contributed by atoms with van der Waals surface area (Å²) in [5, 5.41) is 3.43. The summed E-state index contributed by atoms with van der Waals surface area (Å²) in [6, 6.07) is 23.4. The second-order valence-electron chi connectivity index (χ2n) is 8.94. The second-order valence-corrected chi connectivity index (χ2v) is 9.34. The fourth-order valence-corrected chi connectivity index (χ4v) is 3.92. The van der Waals surface area contributed by atoms with E-state index >= 15 is 0 Å². The predicted octanol–water partition coefficient (Wildman–Crippen LogP) is 5.14. The Labute approximate surface area is 218 Å². The first-order chi connectivity index (χ1) is 17.4. The molecule has 3 aromatic carbocycles. The third-order valence-corrected chi connectivity index (χ3v) is 5.94. The Balaban J connectivity index is 1.92.